The monoisotopic (exact) mass is 558 g/mol. The van der Waals surface area contributed by atoms with Crippen LogP contribution in [-0.2, 0) is 6.42 Å². The van der Waals surface area contributed by atoms with Crippen LogP contribution in [0.4, 0.5) is 0 Å². The summed E-state index contributed by atoms with van der Waals surface area (Å²) >= 11 is 0. The molecule has 0 fully saturated rings. The van der Waals surface area contributed by atoms with Gasteiger partial charge in [-0.2, -0.15) is 0 Å². The van der Waals surface area contributed by atoms with Crippen molar-refractivity contribution in [2.75, 3.05) is 0 Å². The molecule has 0 N–H and O–H groups in total. The molecule has 0 saturated heterocycles. The quantitative estimate of drug-likeness (QED) is 0.189. The van der Waals surface area contributed by atoms with Crippen molar-refractivity contribution in [3.05, 3.63) is 163 Å². The zero-order chi connectivity index (χ0) is 29.0. The lowest BCUT2D eigenvalue weighted by atomic mass is 9.84. The Hall–Kier alpha value is -5.46. The van der Waals surface area contributed by atoms with Crippen LogP contribution in [0.2, 0.25) is 0 Å². The number of allylic oxidation sites excluding steroid dienone is 1. The Kier molecular flexibility index (Phi) is 5.74. The molecule has 0 aliphatic heterocycles. The van der Waals surface area contributed by atoms with E-state index >= 15 is 0 Å². The van der Waals surface area contributed by atoms with Crippen molar-refractivity contribution < 1.29 is 0 Å². The van der Waals surface area contributed by atoms with E-state index in [1.54, 1.807) is 0 Å². The van der Waals surface area contributed by atoms with Gasteiger partial charge < -0.3 is 0 Å². The predicted octanol–water partition coefficient (Wildman–Crippen LogP) is 12.3. The molecule has 0 radical (unpaired) electrons. The third-order valence-electron chi connectivity index (χ3n) is 9.46. The van der Waals surface area contributed by atoms with Crippen LogP contribution < -0.4 is 0 Å². The van der Waals surface area contributed by atoms with Gasteiger partial charge in [-0.1, -0.05) is 133 Å². The van der Waals surface area contributed by atoms with Gasteiger partial charge in [-0.3, -0.25) is 0 Å². The summed E-state index contributed by atoms with van der Waals surface area (Å²) in [6.07, 6.45) is 6.83. The second-order valence-electron chi connectivity index (χ2n) is 12.0. The van der Waals surface area contributed by atoms with Gasteiger partial charge >= 0.3 is 0 Å². The molecule has 0 heteroatoms. The van der Waals surface area contributed by atoms with Gasteiger partial charge in [0.15, 0.2) is 0 Å². The highest BCUT2D eigenvalue weighted by molar-refractivity contribution is 6.22. The third kappa shape index (κ3) is 4.07. The fourth-order valence-electron chi connectivity index (χ4n) is 7.28. The fraction of sp³-hybridized carbons (Fsp3) is 0.0455. The standard InChI is InChI=1S/C44H30/c1-4-12-32-25-35(20-17-29(32)9-1)36-23-24-41-42(28-36)44(38-22-19-31-11-3-6-14-34(31)27-38)40-16-8-7-15-39(40)43(41)37-21-18-30-10-2-5-13-33(30)26-37/h2-8,10-28H,1,9H2. The molecule has 1 aliphatic carbocycles. The Labute approximate surface area is 257 Å². The summed E-state index contributed by atoms with van der Waals surface area (Å²) in [6, 6.07) is 54.2. The summed E-state index contributed by atoms with van der Waals surface area (Å²) in [7, 11) is 0. The summed E-state index contributed by atoms with van der Waals surface area (Å²) in [6.45, 7) is 0. The molecule has 0 aromatic heterocycles. The lowest BCUT2D eigenvalue weighted by Gasteiger charge is -2.19. The molecular formula is C44H30. The van der Waals surface area contributed by atoms with Crippen molar-refractivity contribution in [3.8, 4) is 33.4 Å². The highest BCUT2D eigenvalue weighted by Gasteiger charge is 2.18. The van der Waals surface area contributed by atoms with E-state index in [4.69, 9.17) is 0 Å². The Balaban J connectivity index is 1.38. The number of aryl methyl sites for hydroxylation is 1. The summed E-state index contributed by atoms with van der Waals surface area (Å²) in [4.78, 5) is 0. The van der Waals surface area contributed by atoms with Crippen LogP contribution in [0.15, 0.2) is 152 Å². The number of hydrogen-bond donors (Lipinski definition) is 0. The molecule has 44 heavy (non-hydrogen) atoms. The van der Waals surface area contributed by atoms with Gasteiger partial charge in [0, 0.05) is 0 Å². The third-order valence-corrected chi connectivity index (χ3v) is 9.46. The molecule has 0 atom stereocenters. The van der Waals surface area contributed by atoms with Crippen LogP contribution in [-0.4, -0.2) is 0 Å². The summed E-state index contributed by atoms with van der Waals surface area (Å²) in [5.41, 5.74) is 10.4. The highest BCUT2D eigenvalue weighted by Crippen LogP contribution is 2.45. The molecule has 0 nitrogen and oxygen atoms in total. The van der Waals surface area contributed by atoms with E-state index in [0.29, 0.717) is 0 Å². The van der Waals surface area contributed by atoms with Crippen molar-refractivity contribution in [1.29, 1.82) is 0 Å². The van der Waals surface area contributed by atoms with Gasteiger partial charge in [0.25, 0.3) is 0 Å². The van der Waals surface area contributed by atoms with Crippen molar-refractivity contribution in [2.24, 2.45) is 0 Å². The molecule has 0 saturated carbocycles. The zero-order valence-electron chi connectivity index (χ0n) is 24.4. The SMILES string of the molecule is C1=Cc2cc(-c3ccc4c(-c5ccc6ccccc6c5)c5ccccc5c(-c5ccc6ccccc6c5)c4c3)ccc2CC1. The van der Waals surface area contributed by atoms with Crippen LogP contribution in [0.1, 0.15) is 17.5 Å². The van der Waals surface area contributed by atoms with E-state index < -0.39 is 0 Å². The molecule has 8 aromatic carbocycles. The maximum atomic E-state index is 2.44. The molecular weight excluding hydrogens is 528 g/mol. The first kappa shape index (κ1) is 25.1. The van der Waals surface area contributed by atoms with Gasteiger partial charge in [-0.25, -0.2) is 0 Å². The predicted molar refractivity (Wildman–Crippen MR) is 190 cm³/mol. The second kappa shape index (κ2) is 10.1. The van der Waals surface area contributed by atoms with Crippen LogP contribution >= 0.6 is 0 Å². The number of benzene rings is 8. The lowest BCUT2D eigenvalue weighted by Crippen LogP contribution is -1.95. The maximum Gasteiger partial charge on any atom is -0.00259 e. The summed E-state index contributed by atoms with van der Waals surface area (Å²) in [5, 5.41) is 10.2. The maximum absolute atomic E-state index is 2.44. The van der Waals surface area contributed by atoms with Crippen LogP contribution in [0.25, 0.3) is 82.5 Å². The minimum atomic E-state index is 1.12. The normalized spacial score (nSPS) is 12.7. The topological polar surface area (TPSA) is 0 Å². The minimum absolute atomic E-state index is 1.12. The van der Waals surface area contributed by atoms with Gasteiger partial charge in [0.1, 0.15) is 0 Å². The van der Waals surface area contributed by atoms with E-state index in [2.05, 4.69) is 158 Å². The minimum Gasteiger partial charge on any atom is -0.0836 e. The number of hydrogen-bond acceptors (Lipinski definition) is 0. The van der Waals surface area contributed by atoms with E-state index in [1.807, 2.05) is 0 Å². The molecule has 0 heterocycles. The largest absolute Gasteiger partial charge is 0.0836 e. The Morgan fingerprint density at radius 1 is 0.364 bits per heavy atom. The van der Waals surface area contributed by atoms with Crippen molar-refractivity contribution >= 4 is 49.2 Å². The first-order valence-electron chi connectivity index (χ1n) is 15.6. The first-order valence-corrected chi connectivity index (χ1v) is 15.6. The molecule has 0 spiro atoms. The number of rotatable bonds is 3. The van der Waals surface area contributed by atoms with Crippen molar-refractivity contribution in [3.63, 3.8) is 0 Å². The molecule has 1 aliphatic rings. The van der Waals surface area contributed by atoms with Gasteiger partial charge in [-0.05, 0) is 125 Å². The zero-order valence-corrected chi connectivity index (χ0v) is 24.4. The smallest absolute Gasteiger partial charge is 0.00259 e. The number of fused-ring (bicyclic) bond motifs is 5. The van der Waals surface area contributed by atoms with Crippen molar-refractivity contribution in [1.82, 2.24) is 0 Å². The lowest BCUT2D eigenvalue weighted by molar-refractivity contribution is 0.986. The van der Waals surface area contributed by atoms with E-state index in [1.165, 1.54) is 87.6 Å². The van der Waals surface area contributed by atoms with Gasteiger partial charge in [-0.15, -0.1) is 0 Å². The fourth-order valence-corrected chi connectivity index (χ4v) is 7.28. The molecule has 0 bridgehead atoms. The van der Waals surface area contributed by atoms with Crippen LogP contribution in [0.3, 0.4) is 0 Å². The van der Waals surface area contributed by atoms with Crippen molar-refractivity contribution in [2.45, 2.75) is 12.8 Å². The van der Waals surface area contributed by atoms with Crippen LogP contribution in [0, 0.1) is 0 Å². The van der Waals surface area contributed by atoms with Gasteiger partial charge in [0.2, 0.25) is 0 Å². The highest BCUT2D eigenvalue weighted by atomic mass is 14.2. The molecule has 8 aromatic rings. The Morgan fingerprint density at radius 3 is 1.57 bits per heavy atom. The first-order chi connectivity index (χ1) is 21.8. The van der Waals surface area contributed by atoms with Gasteiger partial charge in [0.05, 0.1) is 0 Å². The average Bonchev–Trinajstić information content (AvgIpc) is 3.09. The van der Waals surface area contributed by atoms with Crippen LogP contribution in [0.5, 0.6) is 0 Å². The molecule has 0 unspecified atom stereocenters. The molecule has 206 valence electrons. The molecule has 0 amide bonds. The van der Waals surface area contributed by atoms with E-state index in [9.17, 15) is 0 Å². The molecule has 9 rings (SSSR count). The Morgan fingerprint density at radius 2 is 0.886 bits per heavy atom. The Bertz CT molecular complexity index is 2440. The van der Waals surface area contributed by atoms with E-state index in [0.717, 1.165) is 12.8 Å². The average molecular weight is 559 g/mol. The van der Waals surface area contributed by atoms with E-state index in [-0.39, 0.29) is 0 Å². The second-order valence-corrected chi connectivity index (χ2v) is 12.0. The summed E-state index contributed by atoms with van der Waals surface area (Å²) in [5.74, 6) is 0. The summed E-state index contributed by atoms with van der Waals surface area (Å²) < 4.78 is 0.